The fraction of sp³-hybridized carbons (Fsp3) is 0.407. The normalized spacial score (nSPS) is 19.9. The topological polar surface area (TPSA) is 83.1 Å². The Balaban J connectivity index is 1.89. The second-order valence-electron chi connectivity index (χ2n) is 8.95. The Morgan fingerprint density at radius 2 is 1.77 bits per heavy atom. The van der Waals surface area contributed by atoms with Crippen LogP contribution in [-0.4, -0.2) is 39.2 Å². The minimum absolute atomic E-state index is 0.0123. The zero-order valence-electron chi connectivity index (χ0n) is 20.9. The van der Waals surface area contributed by atoms with Gasteiger partial charge in [-0.25, -0.2) is 4.79 Å². The van der Waals surface area contributed by atoms with E-state index >= 15 is 0 Å². The fourth-order valence-electron chi connectivity index (χ4n) is 4.91. The molecule has 0 radical (unpaired) electrons. The van der Waals surface area contributed by atoms with E-state index < -0.39 is 11.9 Å². The summed E-state index contributed by atoms with van der Waals surface area (Å²) in [5.74, 6) is 0.394. The molecule has 186 valence electrons. The molecule has 1 aromatic heterocycles. The third kappa shape index (κ3) is 4.67. The van der Waals surface area contributed by atoms with Crippen molar-refractivity contribution in [1.82, 2.24) is 5.32 Å². The van der Waals surface area contributed by atoms with Gasteiger partial charge in [-0.3, -0.25) is 4.79 Å². The van der Waals surface area contributed by atoms with Gasteiger partial charge in [0, 0.05) is 40.1 Å². The van der Waals surface area contributed by atoms with Crippen LogP contribution in [-0.2, 0) is 14.3 Å². The highest BCUT2D eigenvalue weighted by Crippen LogP contribution is 2.49. The predicted octanol–water partition coefficient (Wildman–Crippen LogP) is 5.09. The first-order chi connectivity index (χ1) is 16.8. The molecular formula is C27H31NO6S. The molecule has 1 N–H and O–H groups in total. The standard InChI is InChI=1S/C27H31NO6S/c1-14(2)34-27(30)23-15(3)28-18-10-16(22-8-7-9-35-22)11-19(29)25(18)24(23)17-12-20(31-4)26(33-6)21(13-17)32-5/h7-9,12-14,16,24,28H,10-11H2,1-6H3/t16-,24-/m1/s1. The molecule has 1 aliphatic carbocycles. The number of ether oxygens (including phenoxy) is 4. The van der Waals surface area contributed by atoms with E-state index in [0.29, 0.717) is 52.5 Å². The van der Waals surface area contributed by atoms with Crippen molar-refractivity contribution < 1.29 is 28.5 Å². The molecule has 8 heteroatoms. The number of allylic oxidation sites excluding steroid dienone is 3. The highest BCUT2D eigenvalue weighted by molar-refractivity contribution is 7.10. The number of Topliss-reactive ketones (excluding diaryl/α,β-unsaturated/α-hetero) is 1. The lowest BCUT2D eigenvalue weighted by atomic mass is 9.72. The van der Waals surface area contributed by atoms with Gasteiger partial charge in [0.05, 0.1) is 33.0 Å². The number of ketones is 1. The van der Waals surface area contributed by atoms with Gasteiger partial charge in [0.25, 0.3) is 0 Å². The van der Waals surface area contributed by atoms with Gasteiger partial charge in [-0.2, -0.15) is 0 Å². The van der Waals surface area contributed by atoms with Crippen LogP contribution in [0.5, 0.6) is 17.2 Å². The summed E-state index contributed by atoms with van der Waals surface area (Å²) in [7, 11) is 4.62. The van der Waals surface area contributed by atoms with E-state index in [1.807, 2.05) is 18.4 Å². The van der Waals surface area contributed by atoms with Crippen molar-refractivity contribution in [2.75, 3.05) is 21.3 Å². The number of carbonyl (C=O) groups is 2. The van der Waals surface area contributed by atoms with Gasteiger partial charge in [0.15, 0.2) is 17.3 Å². The maximum Gasteiger partial charge on any atom is 0.337 e. The monoisotopic (exact) mass is 497 g/mol. The molecule has 2 aromatic rings. The van der Waals surface area contributed by atoms with Gasteiger partial charge in [-0.15, -0.1) is 11.3 Å². The molecule has 0 saturated heterocycles. The number of methoxy groups -OCH3 is 3. The molecule has 2 heterocycles. The van der Waals surface area contributed by atoms with Crippen molar-refractivity contribution in [3.05, 3.63) is 62.6 Å². The Morgan fingerprint density at radius 1 is 1.09 bits per heavy atom. The van der Waals surface area contributed by atoms with Gasteiger partial charge in [0.1, 0.15) is 0 Å². The van der Waals surface area contributed by atoms with Crippen LogP contribution in [0.1, 0.15) is 55.9 Å². The Kier molecular flexibility index (Phi) is 7.21. The number of esters is 1. The quantitative estimate of drug-likeness (QED) is 0.534. The number of rotatable bonds is 7. The van der Waals surface area contributed by atoms with E-state index in [0.717, 1.165) is 5.70 Å². The van der Waals surface area contributed by atoms with Crippen molar-refractivity contribution in [1.29, 1.82) is 0 Å². The molecule has 1 aromatic carbocycles. The van der Waals surface area contributed by atoms with E-state index in [1.165, 1.54) is 12.0 Å². The summed E-state index contributed by atoms with van der Waals surface area (Å²) in [5, 5.41) is 5.41. The molecule has 0 bridgehead atoms. The molecule has 0 unspecified atom stereocenters. The predicted molar refractivity (Wildman–Crippen MR) is 134 cm³/mol. The summed E-state index contributed by atoms with van der Waals surface area (Å²) >= 11 is 1.66. The molecule has 0 spiro atoms. The average Bonchev–Trinajstić information content (AvgIpc) is 3.36. The van der Waals surface area contributed by atoms with E-state index in [2.05, 4.69) is 11.4 Å². The van der Waals surface area contributed by atoms with Crippen molar-refractivity contribution >= 4 is 23.1 Å². The SMILES string of the molecule is COc1cc([C@@H]2C(C(=O)OC(C)C)=C(C)NC3=C2C(=O)C[C@H](c2cccs2)C3)cc(OC)c1OC. The van der Waals surface area contributed by atoms with Gasteiger partial charge >= 0.3 is 5.97 Å². The Bertz CT molecular complexity index is 1170. The van der Waals surface area contributed by atoms with Gasteiger partial charge in [0.2, 0.25) is 5.75 Å². The third-order valence-electron chi connectivity index (χ3n) is 6.36. The number of nitrogens with one attached hydrogen (secondary N) is 1. The second kappa shape index (κ2) is 10.2. The minimum atomic E-state index is -0.622. The number of dihydropyridines is 1. The summed E-state index contributed by atoms with van der Waals surface area (Å²) in [6.45, 7) is 5.46. The van der Waals surface area contributed by atoms with Crippen LogP contribution in [0.2, 0.25) is 0 Å². The van der Waals surface area contributed by atoms with Crippen LogP contribution < -0.4 is 19.5 Å². The number of thiophene rings is 1. The van der Waals surface area contributed by atoms with Crippen LogP contribution >= 0.6 is 11.3 Å². The number of hydrogen-bond acceptors (Lipinski definition) is 8. The van der Waals surface area contributed by atoms with Crippen LogP contribution in [0.25, 0.3) is 0 Å². The summed E-state index contributed by atoms with van der Waals surface area (Å²) < 4.78 is 22.2. The third-order valence-corrected chi connectivity index (χ3v) is 7.39. The Labute approximate surface area is 209 Å². The smallest absolute Gasteiger partial charge is 0.337 e. The summed E-state index contributed by atoms with van der Waals surface area (Å²) in [6, 6.07) is 7.68. The number of benzene rings is 1. The van der Waals surface area contributed by atoms with Crippen molar-refractivity contribution in [2.24, 2.45) is 0 Å². The first-order valence-corrected chi connectivity index (χ1v) is 12.4. The minimum Gasteiger partial charge on any atom is -0.493 e. The van der Waals surface area contributed by atoms with Gasteiger partial charge in [-0.1, -0.05) is 6.07 Å². The molecule has 1 aliphatic heterocycles. The molecule has 4 rings (SSSR count). The fourth-order valence-corrected chi connectivity index (χ4v) is 5.74. The first kappa shape index (κ1) is 24.9. The first-order valence-electron chi connectivity index (χ1n) is 11.6. The van der Waals surface area contributed by atoms with Crippen molar-refractivity contribution in [3.63, 3.8) is 0 Å². The Morgan fingerprint density at radius 3 is 2.31 bits per heavy atom. The molecule has 35 heavy (non-hydrogen) atoms. The zero-order valence-corrected chi connectivity index (χ0v) is 21.7. The largest absolute Gasteiger partial charge is 0.493 e. The van der Waals surface area contributed by atoms with Crippen LogP contribution in [0.15, 0.2) is 52.2 Å². The zero-order chi connectivity index (χ0) is 25.3. The highest BCUT2D eigenvalue weighted by atomic mass is 32.1. The van der Waals surface area contributed by atoms with Crippen LogP contribution in [0.3, 0.4) is 0 Å². The van der Waals surface area contributed by atoms with Crippen molar-refractivity contribution in [3.8, 4) is 17.2 Å². The average molecular weight is 498 g/mol. The van der Waals surface area contributed by atoms with Crippen LogP contribution in [0.4, 0.5) is 0 Å². The highest BCUT2D eigenvalue weighted by Gasteiger charge is 2.42. The summed E-state index contributed by atoms with van der Waals surface area (Å²) in [6.07, 6.45) is 0.767. The lowest BCUT2D eigenvalue weighted by Crippen LogP contribution is -2.36. The van der Waals surface area contributed by atoms with E-state index in [1.54, 1.807) is 51.5 Å². The molecule has 2 atom stereocenters. The number of hydrogen-bond donors (Lipinski definition) is 1. The lowest BCUT2D eigenvalue weighted by molar-refractivity contribution is -0.143. The van der Waals surface area contributed by atoms with Crippen LogP contribution in [0, 0.1) is 0 Å². The molecule has 0 saturated carbocycles. The molecule has 7 nitrogen and oxygen atoms in total. The maximum absolute atomic E-state index is 13.7. The summed E-state index contributed by atoms with van der Waals surface area (Å²) in [4.78, 5) is 28.2. The van der Waals surface area contributed by atoms with E-state index in [-0.39, 0.29) is 17.8 Å². The lowest BCUT2D eigenvalue weighted by Gasteiger charge is -2.36. The van der Waals surface area contributed by atoms with E-state index in [9.17, 15) is 9.59 Å². The number of carbonyl (C=O) groups excluding carboxylic acids is 2. The second-order valence-corrected chi connectivity index (χ2v) is 9.92. The maximum atomic E-state index is 13.7. The molecule has 0 fully saturated rings. The van der Waals surface area contributed by atoms with E-state index in [4.69, 9.17) is 18.9 Å². The van der Waals surface area contributed by atoms with Gasteiger partial charge in [-0.05, 0) is 56.3 Å². The molecule has 2 aliphatic rings. The molecule has 0 amide bonds. The summed E-state index contributed by atoms with van der Waals surface area (Å²) in [5.41, 5.74) is 3.22. The molecular weight excluding hydrogens is 466 g/mol. The van der Waals surface area contributed by atoms with Gasteiger partial charge < -0.3 is 24.3 Å². The van der Waals surface area contributed by atoms with Crippen molar-refractivity contribution in [2.45, 2.75) is 51.6 Å². The Hall–Kier alpha value is -3.26.